The first-order valence-corrected chi connectivity index (χ1v) is 9.07. The van der Waals surface area contributed by atoms with Crippen LogP contribution in [0.5, 0.6) is 5.75 Å². The predicted molar refractivity (Wildman–Crippen MR) is 107 cm³/mol. The maximum Gasteiger partial charge on any atom is 0.195 e. The quantitative estimate of drug-likeness (QED) is 0.458. The van der Waals surface area contributed by atoms with E-state index in [0.29, 0.717) is 18.3 Å². The molecule has 0 unspecified atom stereocenters. The van der Waals surface area contributed by atoms with Crippen molar-refractivity contribution in [2.75, 3.05) is 0 Å². The van der Waals surface area contributed by atoms with Crippen LogP contribution >= 0.6 is 11.6 Å². The van der Waals surface area contributed by atoms with Crippen molar-refractivity contribution in [2.24, 2.45) is 0 Å². The Bertz CT molecular complexity index is 1060. The van der Waals surface area contributed by atoms with Gasteiger partial charge in [0.05, 0.1) is 5.02 Å². The number of hydrogen-bond acceptors (Lipinski definition) is 4. The van der Waals surface area contributed by atoms with Crippen LogP contribution in [0.25, 0.3) is 0 Å². The summed E-state index contributed by atoms with van der Waals surface area (Å²) in [7, 11) is 0. The fourth-order valence-corrected chi connectivity index (χ4v) is 3.20. The number of aromatic hydroxyl groups is 1. The van der Waals surface area contributed by atoms with Crippen LogP contribution in [-0.2, 0) is 6.42 Å². The Labute approximate surface area is 167 Å². The first-order valence-electron chi connectivity index (χ1n) is 8.69. The highest BCUT2D eigenvalue weighted by Crippen LogP contribution is 2.23. The molecule has 0 heterocycles. The molecule has 0 spiro atoms. The summed E-state index contributed by atoms with van der Waals surface area (Å²) in [5, 5.41) is 9.65. The zero-order valence-electron chi connectivity index (χ0n) is 14.9. The van der Waals surface area contributed by atoms with E-state index in [1.54, 1.807) is 48.5 Å². The van der Waals surface area contributed by atoms with Crippen molar-refractivity contribution < 1.29 is 19.5 Å². The number of hydrogen-bond donors (Lipinski definition) is 1. The van der Waals surface area contributed by atoms with Crippen molar-refractivity contribution in [3.05, 3.63) is 99.6 Å². The number of carbonyl (C=O) groups is 3. The molecule has 1 N–H and O–H groups in total. The van der Waals surface area contributed by atoms with Gasteiger partial charge in [-0.2, -0.15) is 0 Å². The van der Waals surface area contributed by atoms with Crippen LogP contribution in [0.15, 0.2) is 66.7 Å². The lowest BCUT2D eigenvalue weighted by Crippen LogP contribution is -2.07. The lowest BCUT2D eigenvalue weighted by Gasteiger charge is -2.08. The van der Waals surface area contributed by atoms with E-state index in [-0.39, 0.29) is 45.4 Å². The average Bonchev–Trinajstić information content (AvgIpc) is 2.71. The molecule has 4 nitrogen and oxygen atoms in total. The van der Waals surface area contributed by atoms with E-state index in [9.17, 15) is 19.5 Å². The van der Waals surface area contributed by atoms with E-state index in [4.69, 9.17) is 11.6 Å². The Balaban J connectivity index is 1.77. The van der Waals surface area contributed by atoms with Gasteiger partial charge < -0.3 is 5.11 Å². The first-order chi connectivity index (χ1) is 13.5. The van der Waals surface area contributed by atoms with E-state index in [1.165, 1.54) is 12.1 Å². The normalized spacial score (nSPS) is 10.5. The van der Waals surface area contributed by atoms with Gasteiger partial charge in [-0.05, 0) is 36.2 Å². The Kier molecular flexibility index (Phi) is 6.02. The van der Waals surface area contributed by atoms with Crippen LogP contribution < -0.4 is 0 Å². The van der Waals surface area contributed by atoms with Crippen molar-refractivity contribution in [1.29, 1.82) is 0 Å². The molecule has 3 aromatic carbocycles. The molecule has 0 saturated heterocycles. The monoisotopic (exact) mass is 392 g/mol. The van der Waals surface area contributed by atoms with Crippen molar-refractivity contribution in [1.82, 2.24) is 0 Å². The summed E-state index contributed by atoms with van der Waals surface area (Å²) in [6.07, 6.45) is 1.36. The molecule has 3 aromatic rings. The van der Waals surface area contributed by atoms with Gasteiger partial charge >= 0.3 is 0 Å². The number of rotatable bonds is 7. The summed E-state index contributed by atoms with van der Waals surface area (Å²) in [6.45, 7) is 0. The van der Waals surface area contributed by atoms with E-state index in [1.807, 2.05) is 6.07 Å². The van der Waals surface area contributed by atoms with Gasteiger partial charge in [0.2, 0.25) is 0 Å². The minimum Gasteiger partial charge on any atom is -0.508 e. The number of Topliss-reactive ketones (excluding diaryl/α,β-unsaturated/α-hetero) is 1. The van der Waals surface area contributed by atoms with Crippen molar-refractivity contribution in [2.45, 2.75) is 12.8 Å². The second-order valence-corrected chi connectivity index (χ2v) is 6.73. The maximum absolute atomic E-state index is 12.7. The summed E-state index contributed by atoms with van der Waals surface area (Å²) in [5.74, 6) is -0.324. The van der Waals surface area contributed by atoms with Gasteiger partial charge in [-0.3, -0.25) is 14.4 Å². The molecule has 0 fully saturated rings. The Morgan fingerprint density at radius 3 is 2.43 bits per heavy atom. The Morgan fingerprint density at radius 2 is 1.71 bits per heavy atom. The molecule has 0 amide bonds. The summed E-state index contributed by atoms with van der Waals surface area (Å²) >= 11 is 6.26. The Hall–Kier alpha value is -3.24. The number of phenols is 1. The second-order valence-electron chi connectivity index (χ2n) is 6.32. The SMILES string of the molecule is O=Cc1ccccc1C(=O)c1ccc(C(=O)CCc2cccc(O)c2)cc1Cl. The van der Waals surface area contributed by atoms with Gasteiger partial charge in [0.1, 0.15) is 5.75 Å². The molecule has 0 bridgehead atoms. The van der Waals surface area contributed by atoms with E-state index < -0.39 is 0 Å². The van der Waals surface area contributed by atoms with Crippen LogP contribution in [0.4, 0.5) is 0 Å². The average molecular weight is 393 g/mol. The molecule has 0 radical (unpaired) electrons. The topological polar surface area (TPSA) is 71.4 Å². The number of ketones is 2. The van der Waals surface area contributed by atoms with Crippen molar-refractivity contribution in [3.8, 4) is 5.75 Å². The molecule has 28 heavy (non-hydrogen) atoms. The molecule has 0 aliphatic rings. The number of halogens is 1. The standard InChI is InChI=1S/C23H17ClO4/c24-21-13-16(22(27)11-8-15-4-3-6-18(26)12-15)9-10-20(21)23(28)19-7-2-1-5-17(19)14-25/h1-7,9-10,12-14,26H,8,11H2. The van der Waals surface area contributed by atoms with E-state index in [0.717, 1.165) is 5.56 Å². The molecule has 0 aliphatic carbocycles. The smallest absolute Gasteiger partial charge is 0.195 e. The summed E-state index contributed by atoms with van der Waals surface area (Å²) in [5.41, 5.74) is 2.06. The fraction of sp³-hybridized carbons (Fsp3) is 0.0870. The Morgan fingerprint density at radius 1 is 0.929 bits per heavy atom. The van der Waals surface area contributed by atoms with Gasteiger partial charge in [-0.1, -0.05) is 54.1 Å². The molecule has 5 heteroatoms. The van der Waals surface area contributed by atoms with Crippen LogP contribution in [-0.4, -0.2) is 23.0 Å². The third-order valence-electron chi connectivity index (χ3n) is 4.42. The van der Waals surface area contributed by atoms with Crippen LogP contribution in [0.3, 0.4) is 0 Å². The number of carbonyl (C=O) groups excluding carboxylic acids is 3. The number of benzene rings is 3. The first kappa shape index (κ1) is 19.5. The molecule has 0 saturated carbocycles. The van der Waals surface area contributed by atoms with Crippen LogP contribution in [0.1, 0.15) is 48.6 Å². The van der Waals surface area contributed by atoms with Gasteiger partial charge in [0, 0.05) is 28.7 Å². The van der Waals surface area contributed by atoms with Crippen LogP contribution in [0, 0.1) is 0 Å². The molecule has 0 aliphatic heterocycles. The lowest BCUT2D eigenvalue weighted by atomic mass is 9.96. The fourth-order valence-electron chi connectivity index (χ4n) is 2.94. The zero-order chi connectivity index (χ0) is 20.1. The van der Waals surface area contributed by atoms with Gasteiger partial charge in [-0.15, -0.1) is 0 Å². The third kappa shape index (κ3) is 4.35. The zero-order valence-corrected chi connectivity index (χ0v) is 15.6. The highest BCUT2D eigenvalue weighted by atomic mass is 35.5. The number of phenolic OH excluding ortho intramolecular Hbond substituents is 1. The largest absolute Gasteiger partial charge is 0.508 e. The molecular formula is C23H17ClO4. The molecule has 140 valence electrons. The predicted octanol–water partition coefficient (Wildman–Crippen LogP) is 4.90. The highest BCUT2D eigenvalue weighted by Gasteiger charge is 2.17. The van der Waals surface area contributed by atoms with Gasteiger partial charge in [-0.25, -0.2) is 0 Å². The molecule has 0 atom stereocenters. The minimum absolute atomic E-state index is 0.113. The lowest BCUT2D eigenvalue weighted by molar-refractivity contribution is 0.0980. The summed E-state index contributed by atoms with van der Waals surface area (Å²) < 4.78 is 0. The molecular weight excluding hydrogens is 376 g/mol. The number of aldehydes is 1. The van der Waals surface area contributed by atoms with Gasteiger partial charge in [0.25, 0.3) is 0 Å². The highest BCUT2D eigenvalue weighted by molar-refractivity contribution is 6.35. The summed E-state index contributed by atoms with van der Waals surface area (Å²) in [6, 6.07) is 17.8. The third-order valence-corrected chi connectivity index (χ3v) is 4.73. The molecule has 3 rings (SSSR count). The van der Waals surface area contributed by atoms with Crippen molar-refractivity contribution >= 4 is 29.5 Å². The second kappa shape index (κ2) is 8.63. The summed E-state index contributed by atoms with van der Waals surface area (Å²) in [4.78, 5) is 36.3. The molecule has 0 aromatic heterocycles. The van der Waals surface area contributed by atoms with E-state index >= 15 is 0 Å². The minimum atomic E-state index is -0.369. The maximum atomic E-state index is 12.7. The van der Waals surface area contributed by atoms with Crippen LogP contribution in [0.2, 0.25) is 5.02 Å². The van der Waals surface area contributed by atoms with E-state index in [2.05, 4.69) is 0 Å². The van der Waals surface area contributed by atoms with Gasteiger partial charge in [0.15, 0.2) is 17.9 Å². The number of aryl methyl sites for hydroxylation is 1. The van der Waals surface area contributed by atoms with Crippen molar-refractivity contribution in [3.63, 3.8) is 0 Å².